The van der Waals surface area contributed by atoms with Crippen LogP contribution in [0.4, 0.5) is 5.69 Å². The molecule has 23 heavy (non-hydrogen) atoms. The van der Waals surface area contributed by atoms with Crippen molar-refractivity contribution in [2.24, 2.45) is 0 Å². The Hall–Kier alpha value is -2.18. The van der Waals surface area contributed by atoms with Gasteiger partial charge in [-0.05, 0) is 56.3 Å². The van der Waals surface area contributed by atoms with E-state index in [0.717, 1.165) is 11.3 Å². The van der Waals surface area contributed by atoms with Crippen LogP contribution in [-0.2, 0) is 10.0 Å². The lowest BCUT2D eigenvalue weighted by atomic mass is 10.1. The summed E-state index contributed by atoms with van der Waals surface area (Å²) in [5.74, 6) is -0.258. The second-order valence-electron chi connectivity index (χ2n) is 5.32. The van der Waals surface area contributed by atoms with E-state index in [4.69, 9.17) is 0 Å². The zero-order valence-electron chi connectivity index (χ0n) is 13.6. The third-order valence-corrected chi connectivity index (χ3v) is 5.41. The van der Waals surface area contributed by atoms with E-state index >= 15 is 0 Å². The highest BCUT2D eigenvalue weighted by Gasteiger charge is 2.21. The first-order valence-corrected chi connectivity index (χ1v) is 8.64. The average Bonchev–Trinajstić information content (AvgIpc) is 2.56. The number of anilines is 1. The number of amides is 1. The summed E-state index contributed by atoms with van der Waals surface area (Å²) in [6, 6.07) is 12.3. The number of hydrogen-bond acceptors (Lipinski definition) is 3. The van der Waals surface area contributed by atoms with Crippen LogP contribution in [-0.4, -0.2) is 28.4 Å². The van der Waals surface area contributed by atoms with Crippen molar-refractivity contribution in [2.45, 2.75) is 18.7 Å². The number of hydrogen-bond donors (Lipinski definition) is 1. The second-order valence-corrected chi connectivity index (χ2v) is 7.18. The molecule has 0 aromatic heterocycles. The maximum absolute atomic E-state index is 12.7. The molecule has 0 aliphatic carbocycles. The summed E-state index contributed by atoms with van der Waals surface area (Å²) < 4.78 is 26.6. The van der Waals surface area contributed by atoms with Crippen LogP contribution in [0.25, 0.3) is 0 Å². The fourth-order valence-corrected chi connectivity index (χ4v) is 3.37. The van der Waals surface area contributed by atoms with Gasteiger partial charge in [0.15, 0.2) is 0 Å². The van der Waals surface area contributed by atoms with E-state index in [0.29, 0.717) is 11.1 Å². The fraction of sp³-hybridized carbons (Fsp3) is 0.235. The molecule has 5 nitrogen and oxygen atoms in total. The number of sulfonamides is 1. The Bertz CT molecular complexity index is 830. The third-order valence-electron chi connectivity index (χ3n) is 3.87. The van der Waals surface area contributed by atoms with Crippen LogP contribution < -0.4 is 9.62 Å². The van der Waals surface area contributed by atoms with E-state index in [1.54, 1.807) is 27.0 Å². The van der Waals surface area contributed by atoms with Crippen LogP contribution in [0.2, 0.25) is 0 Å². The highest BCUT2D eigenvalue weighted by Crippen LogP contribution is 2.23. The first-order chi connectivity index (χ1) is 10.8. The molecule has 0 fully saturated rings. The van der Waals surface area contributed by atoms with Crippen LogP contribution in [0.1, 0.15) is 21.5 Å². The number of para-hydroxylation sites is 1. The zero-order chi connectivity index (χ0) is 17.2. The highest BCUT2D eigenvalue weighted by molar-refractivity contribution is 7.89. The Balaban J connectivity index is 2.50. The molecule has 6 heteroatoms. The van der Waals surface area contributed by atoms with Gasteiger partial charge in [-0.1, -0.05) is 18.2 Å². The average molecular weight is 332 g/mol. The normalized spacial score (nSPS) is 11.3. The van der Waals surface area contributed by atoms with E-state index in [1.165, 1.54) is 18.0 Å². The van der Waals surface area contributed by atoms with E-state index in [1.807, 2.05) is 30.3 Å². The van der Waals surface area contributed by atoms with Crippen LogP contribution in [0.3, 0.4) is 0 Å². The van der Waals surface area contributed by atoms with Gasteiger partial charge in [-0.3, -0.25) is 4.79 Å². The predicted octanol–water partition coefficient (Wildman–Crippen LogP) is 2.49. The number of nitrogens with zero attached hydrogens (tertiary/aromatic N) is 1. The smallest absolute Gasteiger partial charge is 0.258 e. The molecule has 0 bridgehead atoms. The van der Waals surface area contributed by atoms with Crippen molar-refractivity contribution in [3.8, 4) is 0 Å². The van der Waals surface area contributed by atoms with Gasteiger partial charge in [0.2, 0.25) is 10.0 Å². The summed E-state index contributed by atoms with van der Waals surface area (Å²) in [4.78, 5) is 14.3. The standard InChI is InChI=1S/C17H20N2O3S/c1-12-10-14(11-16(13(12)2)23(21,22)18-3)17(20)19(4)15-8-6-5-7-9-15/h5-11,18H,1-4H3. The maximum atomic E-state index is 12.7. The Kier molecular flexibility index (Phi) is 4.87. The van der Waals surface area contributed by atoms with Gasteiger partial charge in [0, 0.05) is 18.3 Å². The molecule has 1 N–H and O–H groups in total. The molecule has 0 saturated carbocycles. The quantitative estimate of drug-likeness (QED) is 0.935. The lowest BCUT2D eigenvalue weighted by molar-refractivity contribution is 0.0992. The van der Waals surface area contributed by atoms with Crippen molar-refractivity contribution >= 4 is 21.6 Å². The Morgan fingerprint density at radius 1 is 1.09 bits per heavy atom. The number of carbonyl (C=O) groups excluding carboxylic acids is 1. The maximum Gasteiger partial charge on any atom is 0.258 e. The fourth-order valence-electron chi connectivity index (χ4n) is 2.30. The van der Waals surface area contributed by atoms with Crippen LogP contribution in [0.5, 0.6) is 0 Å². The lowest BCUT2D eigenvalue weighted by Gasteiger charge is -2.19. The summed E-state index contributed by atoms with van der Waals surface area (Å²) in [5, 5.41) is 0. The Morgan fingerprint density at radius 3 is 2.26 bits per heavy atom. The number of benzene rings is 2. The molecule has 1 amide bonds. The molecule has 0 aliphatic rings. The van der Waals surface area contributed by atoms with Crippen LogP contribution in [0.15, 0.2) is 47.4 Å². The minimum atomic E-state index is -3.62. The Morgan fingerprint density at radius 2 is 1.70 bits per heavy atom. The number of carbonyl (C=O) groups is 1. The molecular formula is C17H20N2O3S. The summed E-state index contributed by atoms with van der Waals surface area (Å²) in [6.45, 7) is 3.53. The second kappa shape index (κ2) is 6.52. The molecule has 0 aliphatic heterocycles. The molecule has 0 spiro atoms. The monoisotopic (exact) mass is 332 g/mol. The topological polar surface area (TPSA) is 66.5 Å². The van der Waals surface area contributed by atoms with Crippen LogP contribution >= 0.6 is 0 Å². The Labute approximate surface area is 137 Å². The van der Waals surface area contributed by atoms with E-state index in [2.05, 4.69) is 4.72 Å². The predicted molar refractivity (Wildman–Crippen MR) is 91.3 cm³/mol. The molecule has 122 valence electrons. The van der Waals surface area contributed by atoms with Gasteiger partial charge in [-0.15, -0.1) is 0 Å². The first kappa shape index (κ1) is 17.2. The van der Waals surface area contributed by atoms with Crippen molar-refractivity contribution in [3.63, 3.8) is 0 Å². The minimum Gasteiger partial charge on any atom is -0.311 e. The zero-order valence-corrected chi connectivity index (χ0v) is 14.4. The van der Waals surface area contributed by atoms with Gasteiger partial charge in [0.05, 0.1) is 4.90 Å². The van der Waals surface area contributed by atoms with Gasteiger partial charge < -0.3 is 4.90 Å². The summed E-state index contributed by atoms with van der Waals surface area (Å²) in [6.07, 6.45) is 0. The van der Waals surface area contributed by atoms with E-state index in [-0.39, 0.29) is 10.8 Å². The van der Waals surface area contributed by atoms with Gasteiger partial charge in [0.1, 0.15) is 0 Å². The largest absolute Gasteiger partial charge is 0.311 e. The molecule has 0 heterocycles. The molecule has 2 aromatic carbocycles. The molecule has 0 unspecified atom stereocenters. The summed E-state index contributed by atoms with van der Waals surface area (Å²) in [7, 11) is -0.597. The number of aryl methyl sites for hydroxylation is 1. The van der Waals surface area contributed by atoms with Gasteiger partial charge >= 0.3 is 0 Å². The minimum absolute atomic E-state index is 0.129. The molecule has 2 rings (SSSR count). The van der Waals surface area contributed by atoms with Crippen molar-refractivity contribution < 1.29 is 13.2 Å². The van der Waals surface area contributed by atoms with Crippen LogP contribution in [0, 0.1) is 13.8 Å². The molecule has 0 radical (unpaired) electrons. The van der Waals surface area contributed by atoms with Crippen molar-refractivity contribution in [2.75, 3.05) is 19.0 Å². The van der Waals surface area contributed by atoms with E-state index < -0.39 is 10.0 Å². The molecule has 0 saturated heterocycles. The van der Waals surface area contributed by atoms with Crippen molar-refractivity contribution in [1.82, 2.24) is 4.72 Å². The van der Waals surface area contributed by atoms with E-state index in [9.17, 15) is 13.2 Å². The summed E-state index contributed by atoms with van der Waals surface area (Å²) in [5.41, 5.74) is 2.48. The lowest BCUT2D eigenvalue weighted by Crippen LogP contribution is -2.27. The molecule has 2 aromatic rings. The van der Waals surface area contributed by atoms with Gasteiger partial charge in [0.25, 0.3) is 5.91 Å². The molecule has 0 atom stereocenters. The van der Waals surface area contributed by atoms with Gasteiger partial charge in [-0.25, -0.2) is 13.1 Å². The third kappa shape index (κ3) is 3.43. The SMILES string of the molecule is CNS(=O)(=O)c1cc(C(=O)N(C)c2ccccc2)cc(C)c1C. The van der Waals surface area contributed by atoms with Gasteiger partial charge in [-0.2, -0.15) is 0 Å². The molecular weight excluding hydrogens is 312 g/mol. The summed E-state index contributed by atoms with van der Waals surface area (Å²) >= 11 is 0. The number of rotatable bonds is 4. The highest BCUT2D eigenvalue weighted by atomic mass is 32.2. The number of nitrogens with one attached hydrogen (secondary N) is 1. The van der Waals surface area contributed by atoms with Crippen molar-refractivity contribution in [3.05, 3.63) is 59.2 Å². The first-order valence-electron chi connectivity index (χ1n) is 7.16. The van der Waals surface area contributed by atoms with Crippen molar-refractivity contribution in [1.29, 1.82) is 0 Å².